The van der Waals surface area contributed by atoms with Crippen LogP contribution in [0, 0.1) is 0 Å². The quantitative estimate of drug-likeness (QED) is 0.692. The fraction of sp³-hybridized carbons (Fsp3) is 0.750. The van der Waals surface area contributed by atoms with Crippen molar-refractivity contribution in [1.29, 1.82) is 0 Å². The van der Waals surface area contributed by atoms with Crippen molar-refractivity contribution in [2.75, 3.05) is 32.8 Å². The van der Waals surface area contributed by atoms with E-state index < -0.39 is 0 Å². The summed E-state index contributed by atoms with van der Waals surface area (Å²) in [5.74, 6) is 0. The predicted molar refractivity (Wildman–Crippen MR) is 54.1 cm³/mol. The summed E-state index contributed by atoms with van der Waals surface area (Å²) in [4.78, 5) is 2.27. The fourth-order valence-corrected chi connectivity index (χ4v) is 1.37. The molecule has 0 aromatic heterocycles. The molecule has 1 heterocycles. The number of rotatable bonds is 2. The average molecular weight is 212 g/mol. The molecule has 4 heteroatoms. The Hall–Kier alpha value is 0.240. The van der Waals surface area contributed by atoms with Gasteiger partial charge in [-0.3, -0.25) is 4.90 Å². The van der Waals surface area contributed by atoms with Gasteiger partial charge in [-0.15, -0.1) is 12.4 Å². The molecule has 0 aromatic carbocycles. The molecule has 1 fully saturated rings. The Morgan fingerprint density at radius 1 is 1.42 bits per heavy atom. The normalized spacial score (nSPS) is 19.4. The maximum Gasteiger partial charge on any atom is 0.0593 e. The lowest BCUT2D eigenvalue weighted by Crippen LogP contribution is -2.27. The maximum absolute atomic E-state index is 5.69. The van der Waals surface area contributed by atoms with Crippen LogP contribution in [0.3, 0.4) is 0 Å². The highest BCUT2D eigenvalue weighted by Gasteiger charge is 2.08. The minimum atomic E-state index is 0. The molecular formula is C8H15Cl2NO. The van der Waals surface area contributed by atoms with Crippen LogP contribution >= 0.6 is 24.0 Å². The molecule has 0 saturated carbocycles. The minimum Gasteiger partial charge on any atom is -0.380 e. The molecule has 72 valence electrons. The van der Waals surface area contributed by atoms with E-state index in [-0.39, 0.29) is 12.4 Å². The van der Waals surface area contributed by atoms with Crippen LogP contribution in [0.25, 0.3) is 0 Å². The van der Waals surface area contributed by atoms with Crippen LogP contribution in [0.1, 0.15) is 6.42 Å². The van der Waals surface area contributed by atoms with Gasteiger partial charge in [0.2, 0.25) is 0 Å². The van der Waals surface area contributed by atoms with Crippen LogP contribution in [0.2, 0.25) is 0 Å². The van der Waals surface area contributed by atoms with E-state index in [0.29, 0.717) is 5.03 Å². The molecule has 0 spiro atoms. The topological polar surface area (TPSA) is 12.5 Å². The number of hydrogen-bond donors (Lipinski definition) is 0. The summed E-state index contributed by atoms with van der Waals surface area (Å²) in [5.41, 5.74) is 0. The van der Waals surface area contributed by atoms with Crippen LogP contribution in [-0.2, 0) is 4.74 Å². The Balaban J connectivity index is 0.00000121. The highest BCUT2D eigenvalue weighted by atomic mass is 35.5. The molecule has 0 aliphatic carbocycles. The Morgan fingerprint density at radius 2 is 2.17 bits per heavy atom. The lowest BCUT2D eigenvalue weighted by Gasteiger charge is -2.17. The number of hydrogen-bond acceptors (Lipinski definition) is 2. The zero-order valence-corrected chi connectivity index (χ0v) is 8.66. The molecule has 1 saturated heterocycles. The Bertz CT molecular complexity index is 133. The summed E-state index contributed by atoms with van der Waals surface area (Å²) in [6.07, 6.45) is 1.10. The van der Waals surface area contributed by atoms with E-state index in [9.17, 15) is 0 Å². The van der Waals surface area contributed by atoms with Crippen molar-refractivity contribution in [3.05, 3.63) is 11.6 Å². The van der Waals surface area contributed by atoms with E-state index in [1.54, 1.807) is 0 Å². The number of halogens is 2. The zero-order valence-electron chi connectivity index (χ0n) is 7.09. The van der Waals surface area contributed by atoms with Gasteiger partial charge in [0.05, 0.1) is 6.61 Å². The Morgan fingerprint density at radius 3 is 2.83 bits per heavy atom. The summed E-state index contributed by atoms with van der Waals surface area (Å²) < 4.78 is 5.29. The summed E-state index contributed by atoms with van der Waals surface area (Å²) >= 11 is 5.69. The SMILES string of the molecule is C=C(Cl)CN1CCCOCC1.Cl. The number of ether oxygens (including phenoxy) is 1. The second kappa shape index (κ2) is 6.72. The molecule has 1 rings (SSSR count). The van der Waals surface area contributed by atoms with Crippen LogP contribution < -0.4 is 0 Å². The first-order valence-electron chi connectivity index (χ1n) is 3.92. The highest BCUT2D eigenvalue weighted by molar-refractivity contribution is 6.29. The van der Waals surface area contributed by atoms with Crippen LogP contribution in [0.15, 0.2) is 11.6 Å². The molecule has 0 unspecified atom stereocenters. The molecule has 1 aliphatic heterocycles. The summed E-state index contributed by atoms with van der Waals surface area (Å²) in [7, 11) is 0. The van der Waals surface area contributed by atoms with Crippen molar-refractivity contribution in [3.8, 4) is 0 Å². The number of nitrogens with zero attached hydrogens (tertiary/aromatic N) is 1. The first-order valence-corrected chi connectivity index (χ1v) is 4.30. The molecule has 2 nitrogen and oxygen atoms in total. The molecule has 0 bridgehead atoms. The predicted octanol–water partition coefficient (Wildman–Crippen LogP) is 1.88. The third-order valence-corrected chi connectivity index (χ3v) is 1.83. The van der Waals surface area contributed by atoms with Crippen LogP contribution in [-0.4, -0.2) is 37.7 Å². The van der Waals surface area contributed by atoms with Gasteiger partial charge < -0.3 is 4.74 Å². The second-order valence-electron chi connectivity index (χ2n) is 2.76. The third-order valence-electron chi connectivity index (χ3n) is 1.71. The maximum atomic E-state index is 5.69. The van der Waals surface area contributed by atoms with Gasteiger partial charge in [-0.2, -0.15) is 0 Å². The summed E-state index contributed by atoms with van der Waals surface area (Å²) in [6, 6.07) is 0. The molecule has 1 aliphatic rings. The molecule has 0 amide bonds. The zero-order chi connectivity index (χ0) is 8.10. The van der Waals surface area contributed by atoms with Crippen LogP contribution in [0.5, 0.6) is 0 Å². The third kappa shape index (κ3) is 4.99. The van der Waals surface area contributed by atoms with Gasteiger partial charge in [-0.05, 0) is 6.42 Å². The monoisotopic (exact) mass is 211 g/mol. The molecule has 0 atom stereocenters. The molecule has 12 heavy (non-hydrogen) atoms. The minimum absolute atomic E-state index is 0. The molecular weight excluding hydrogens is 197 g/mol. The first kappa shape index (κ1) is 12.2. The van der Waals surface area contributed by atoms with Crippen molar-refractivity contribution in [2.45, 2.75) is 6.42 Å². The van der Waals surface area contributed by atoms with Gasteiger partial charge >= 0.3 is 0 Å². The van der Waals surface area contributed by atoms with E-state index >= 15 is 0 Å². The second-order valence-corrected chi connectivity index (χ2v) is 3.29. The van der Waals surface area contributed by atoms with Crippen molar-refractivity contribution in [1.82, 2.24) is 4.90 Å². The molecule has 0 radical (unpaired) electrons. The Kier molecular flexibility index (Phi) is 6.86. The van der Waals surface area contributed by atoms with Gasteiger partial charge in [0, 0.05) is 31.3 Å². The van der Waals surface area contributed by atoms with Crippen molar-refractivity contribution < 1.29 is 4.74 Å². The summed E-state index contributed by atoms with van der Waals surface area (Å²) in [6.45, 7) is 8.22. The van der Waals surface area contributed by atoms with Gasteiger partial charge in [-0.25, -0.2) is 0 Å². The molecule has 0 aromatic rings. The van der Waals surface area contributed by atoms with Gasteiger partial charge in [0.15, 0.2) is 0 Å². The van der Waals surface area contributed by atoms with Crippen molar-refractivity contribution in [2.24, 2.45) is 0 Å². The van der Waals surface area contributed by atoms with E-state index in [2.05, 4.69) is 11.5 Å². The Labute approximate surface area is 84.9 Å². The lowest BCUT2D eigenvalue weighted by molar-refractivity contribution is 0.143. The van der Waals surface area contributed by atoms with Crippen molar-refractivity contribution in [3.63, 3.8) is 0 Å². The largest absolute Gasteiger partial charge is 0.380 e. The lowest BCUT2D eigenvalue weighted by atomic mass is 10.4. The van der Waals surface area contributed by atoms with E-state index in [1.807, 2.05) is 0 Å². The van der Waals surface area contributed by atoms with Crippen LogP contribution in [0.4, 0.5) is 0 Å². The van der Waals surface area contributed by atoms with E-state index in [4.69, 9.17) is 16.3 Å². The van der Waals surface area contributed by atoms with E-state index in [0.717, 1.165) is 39.3 Å². The summed E-state index contributed by atoms with van der Waals surface area (Å²) in [5, 5.41) is 0.715. The fourth-order valence-electron chi connectivity index (χ4n) is 1.20. The van der Waals surface area contributed by atoms with Crippen molar-refractivity contribution >= 4 is 24.0 Å². The smallest absolute Gasteiger partial charge is 0.0593 e. The average Bonchev–Trinajstić information content (AvgIpc) is 2.14. The van der Waals surface area contributed by atoms with Gasteiger partial charge in [0.25, 0.3) is 0 Å². The standard InChI is InChI=1S/C8H14ClNO.ClH/c1-8(9)7-10-3-2-5-11-6-4-10;/h1-7H2;1H. The molecule has 0 N–H and O–H groups in total. The highest BCUT2D eigenvalue weighted by Crippen LogP contribution is 2.04. The van der Waals surface area contributed by atoms with Gasteiger partial charge in [-0.1, -0.05) is 18.2 Å². The first-order chi connectivity index (χ1) is 5.29. The van der Waals surface area contributed by atoms with E-state index in [1.165, 1.54) is 0 Å². The van der Waals surface area contributed by atoms with Gasteiger partial charge in [0.1, 0.15) is 0 Å².